The second-order valence-corrected chi connectivity index (χ2v) is 1.97. The molecule has 6 heteroatoms. The Morgan fingerprint density at radius 1 is 1.75 bits per heavy atom. The van der Waals surface area contributed by atoms with Crippen LogP contribution in [0.5, 0.6) is 0 Å². The summed E-state index contributed by atoms with van der Waals surface area (Å²) in [5.74, 6) is -1.43. The molecule has 1 aromatic heterocycles. The van der Waals surface area contributed by atoms with Gasteiger partial charge in [0.15, 0.2) is 0 Å². The van der Waals surface area contributed by atoms with Crippen LogP contribution in [0.15, 0.2) is 4.52 Å². The smallest absolute Gasteiger partial charge is 0.377 e. The van der Waals surface area contributed by atoms with Gasteiger partial charge in [-0.05, 0) is 5.16 Å². The number of nitrogens with zero attached hydrogens (tertiary/aromatic N) is 3. The molecule has 0 aliphatic rings. The van der Waals surface area contributed by atoms with Crippen molar-refractivity contribution < 1.29 is 14.4 Å². The van der Waals surface area contributed by atoms with Crippen molar-refractivity contribution in [2.75, 3.05) is 0 Å². The zero-order chi connectivity index (χ0) is 8.97. The molecule has 12 heavy (non-hydrogen) atoms. The number of aromatic carboxylic acids is 1. The van der Waals surface area contributed by atoms with E-state index in [4.69, 9.17) is 10.4 Å². The lowest BCUT2D eigenvalue weighted by Crippen LogP contribution is -1.98. The van der Waals surface area contributed by atoms with Gasteiger partial charge in [0.1, 0.15) is 0 Å². The number of carboxylic acids is 1. The van der Waals surface area contributed by atoms with Crippen molar-refractivity contribution in [1.82, 2.24) is 10.1 Å². The molecule has 62 valence electrons. The van der Waals surface area contributed by atoms with Crippen molar-refractivity contribution in [2.45, 2.75) is 12.8 Å². The van der Waals surface area contributed by atoms with Gasteiger partial charge in [-0.1, -0.05) is 0 Å². The lowest BCUT2D eigenvalue weighted by atomic mass is 10.3. The Balaban J connectivity index is 2.66. The second-order valence-electron chi connectivity index (χ2n) is 1.97. The zero-order valence-electron chi connectivity index (χ0n) is 6.02. The monoisotopic (exact) mass is 167 g/mol. The first-order chi connectivity index (χ1) is 5.74. The van der Waals surface area contributed by atoms with Gasteiger partial charge >= 0.3 is 5.97 Å². The van der Waals surface area contributed by atoms with Crippen molar-refractivity contribution in [3.63, 3.8) is 0 Å². The molecule has 0 atom stereocenters. The summed E-state index contributed by atoms with van der Waals surface area (Å²) in [6.45, 7) is 0. The van der Waals surface area contributed by atoms with Crippen molar-refractivity contribution >= 4 is 5.97 Å². The van der Waals surface area contributed by atoms with Gasteiger partial charge in [0.25, 0.3) is 5.82 Å². The highest BCUT2D eigenvalue weighted by Gasteiger charge is 2.11. The third-order valence-electron chi connectivity index (χ3n) is 1.11. The Hall–Kier alpha value is -1.90. The van der Waals surface area contributed by atoms with Crippen LogP contribution in [0.25, 0.3) is 0 Å². The van der Waals surface area contributed by atoms with E-state index in [1.165, 1.54) is 0 Å². The number of aromatic nitrogens is 2. The highest BCUT2D eigenvalue weighted by Crippen LogP contribution is 1.99. The summed E-state index contributed by atoms with van der Waals surface area (Å²) in [7, 11) is 0. The van der Waals surface area contributed by atoms with Crippen molar-refractivity contribution in [1.29, 1.82) is 5.26 Å². The normalized spacial score (nSPS) is 9.25. The number of rotatable bonds is 3. The molecule has 6 nitrogen and oxygen atoms in total. The minimum absolute atomic E-state index is 0.175. The van der Waals surface area contributed by atoms with E-state index in [0.29, 0.717) is 0 Å². The molecule has 0 radical (unpaired) electrons. The zero-order valence-corrected chi connectivity index (χ0v) is 6.02. The Bertz CT molecular complexity index is 325. The number of aryl methyl sites for hydroxylation is 1. The molecule has 0 unspecified atom stereocenters. The number of carbonyl (C=O) groups is 1. The molecule has 1 N–H and O–H groups in total. The van der Waals surface area contributed by atoms with Gasteiger partial charge in [-0.15, -0.1) is 0 Å². The summed E-state index contributed by atoms with van der Waals surface area (Å²) in [6, 6.07) is 1.88. The van der Waals surface area contributed by atoms with Gasteiger partial charge in [-0.3, -0.25) is 0 Å². The Morgan fingerprint density at radius 2 is 2.50 bits per heavy atom. The van der Waals surface area contributed by atoms with Crippen LogP contribution in [-0.4, -0.2) is 21.2 Å². The van der Waals surface area contributed by atoms with Gasteiger partial charge in [0.05, 0.1) is 6.07 Å². The Labute approximate surface area is 67.4 Å². The van der Waals surface area contributed by atoms with E-state index in [1.54, 1.807) is 0 Å². The fourth-order valence-electron chi connectivity index (χ4n) is 0.606. The maximum atomic E-state index is 10.2. The van der Waals surface area contributed by atoms with E-state index in [2.05, 4.69) is 14.7 Å². The molecule has 1 heterocycles. The van der Waals surface area contributed by atoms with Crippen LogP contribution < -0.4 is 0 Å². The third kappa shape index (κ3) is 1.79. The van der Waals surface area contributed by atoms with E-state index < -0.39 is 5.97 Å². The summed E-state index contributed by atoms with van der Waals surface area (Å²) in [6.07, 6.45) is 0.526. The summed E-state index contributed by atoms with van der Waals surface area (Å²) < 4.78 is 4.53. The van der Waals surface area contributed by atoms with Crippen molar-refractivity contribution in [3.8, 4) is 6.07 Å². The quantitative estimate of drug-likeness (QED) is 0.691. The molecule has 0 aromatic carbocycles. The van der Waals surface area contributed by atoms with Crippen LogP contribution in [0.3, 0.4) is 0 Å². The predicted molar refractivity (Wildman–Crippen MR) is 35.2 cm³/mol. The first kappa shape index (κ1) is 8.20. The number of hydrogen-bond acceptors (Lipinski definition) is 5. The molecule has 0 bridgehead atoms. The van der Waals surface area contributed by atoms with Crippen molar-refractivity contribution in [2.24, 2.45) is 0 Å². The fourth-order valence-corrected chi connectivity index (χ4v) is 0.606. The molecule has 1 rings (SSSR count). The first-order valence-corrected chi connectivity index (χ1v) is 3.17. The topological polar surface area (TPSA) is 100 Å². The van der Waals surface area contributed by atoms with E-state index in [0.717, 1.165) is 0 Å². The number of nitriles is 1. The summed E-state index contributed by atoms with van der Waals surface area (Å²) in [4.78, 5) is 13.8. The van der Waals surface area contributed by atoms with Gasteiger partial charge in [0, 0.05) is 12.8 Å². The van der Waals surface area contributed by atoms with Gasteiger partial charge in [-0.2, -0.15) is 10.2 Å². The van der Waals surface area contributed by atoms with Crippen molar-refractivity contribution in [3.05, 3.63) is 11.7 Å². The summed E-state index contributed by atoms with van der Waals surface area (Å²) in [5, 5.41) is 19.7. The molecular formula is C6H5N3O3. The van der Waals surface area contributed by atoms with Gasteiger partial charge < -0.3 is 9.63 Å². The minimum Gasteiger partial charge on any atom is -0.475 e. The van der Waals surface area contributed by atoms with E-state index in [1.807, 2.05) is 6.07 Å². The third-order valence-corrected chi connectivity index (χ3v) is 1.11. The van der Waals surface area contributed by atoms with Crippen LogP contribution in [0.2, 0.25) is 0 Å². The maximum absolute atomic E-state index is 10.2. The minimum atomic E-state index is -1.23. The molecule has 0 amide bonds. The molecule has 0 aliphatic heterocycles. The molecule has 0 saturated carbocycles. The van der Waals surface area contributed by atoms with Crippen LogP contribution in [-0.2, 0) is 6.42 Å². The van der Waals surface area contributed by atoms with Crippen LogP contribution in [0, 0.1) is 11.3 Å². The SMILES string of the molecule is N#CCCc1nc(C(=O)O)no1. The van der Waals surface area contributed by atoms with Gasteiger partial charge in [0.2, 0.25) is 5.89 Å². The van der Waals surface area contributed by atoms with E-state index in [9.17, 15) is 4.79 Å². The average molecular weight is 167 g/mol. The number of hydrogen-bond donors (Lipinski definition) is 1. The molecule has 0 fully saturated rings. The summed E-state index contributed by atoms with van der Waals surface area (Å²) in [5.41, 5.74) is 0. The maximum Gasteiger partial charge on any atom is 0.377 e. The molecule has 0 spiro atoms. The van der Waals surface area contributed by atoms with Crippen LogP contribution >= 0.6 is 0 Å². The number of carboxylic acid groups (broad SMARTS) is 1. The Morgan fingerprint density at radius 3 is 3.00 bits per heavy atom. The highest BCUT2D eigenvalue weighted by molar-refractivity contribution is 5.82. The summed E-state index contributed by atoms with van der Waals surface area (Å²) >= 11 is 0. The van der Waals surface area contributed by atoms with E-state index in [-0.39, 0.29) is 24.6 Å². The average Bonchev–Trinajstić information content (AvgIpc) is 2.48. The lowest BCUT2D eigenvalue weighted by molar-refractivity contribution is 0.0680. The second kappa shape index (κ2) is 3.48. The van der Waals surface area contributed by atoms with E-state index >= 15 is 0 Å². The van der Waals surface area contributed by atoms with Gasteiger partial charge in [-0.25, -0.2) is 4.79 Å². The molecule has 0 aliphatic carbocycles. The molecule has 1 aromatic rings. The molecule has 0 saturated heterocycles. The first-order valence-electron chi connectivity index (χ1n) is 3.17. The lowest BCUT2D eigenvalue weighted by Gasteiger charge is -1.81. The highest BCUT2D eigenvalue weighted by atomic mass is 16.5. The Kier molecular flexibility index (Phi) is 2.38. The van der Waals surface area contributed by atoms with Crippen LogP contribution in [0.1, 0.15) is 22.9 Å². The standard InChI is InChI=1S/C6H5N3O3/c7-3-1-2-4-8-5(6(10)11)9-12-4/h1-2H2,(H,10,11). The fraction of sp³-hybridized carbons (Fsp3) is 0.333. The largest absolute Gasteiger partial charge is 0.475 e. The predicted octanol–water partition coefficient (Wildman–Crippen LogP) is 0.224. The van der Waals surface area contributed by atoms with Crippen LogP contribution in [0.4, 0.5) is 0 Å². The molecular weight excluding hydrogens is 162 g/mol.